The average molecular weight is 341 g/mol. The number of nitrogens with one attached hydrogen (secondary N) is 1. The molecule has 0 atom stereocenters. The van der Waals surface area contributed by atoms with Gasteiger partial charge in [-0.05, 0) is 40.3 Å². The summed E-state index contributed by atoms with van der Waals surface area (Å²) in [5.41, 5.74) is 0.918. The predicted molar refractivity (Wildman–Crippen MR) is 63.9 cm³/mol. The van der Waals surface area contributed by atoms with Crippen molar-refractivity contribution < 1.29 is 13.2 Å². The van der Waals surface area contributed by atoms with E-state index in [4.69, 9.17) is 0 Å². The van der Waals surface area contributed by atoms with Crippen molar-refractivity contribution in [3.8, 4) is 0 Å². The molecule has 0 spiro atoms. The van der Waals surface area contributed by atoms with Gasteiger partial charge in [0.15, 0.2) is 0 Å². The van der Waals surface area contributed by atoms with E-state index < -0.39 is 5.92 Å². The number of hydrogen-bond donors (Lipinski definition) is 1. The van der Waals surface area contributed by atoms with Crippen LogP contribution < -0.4 is 5.32 Å². The van der Waals surface area contributed by atoms with Gasteiger partial charge in [-0.1, -0.05) is 6.07 Å². The first-order valence-electron chi connectivity index (χ1n) is 5.01. The zero-order valence-electron chi connectivity index (χ0n) is 8.44. The Hall–Kier alpha value is -0.300. The molecule has 0 unspecified atom stereocenters. The van der Waals surface area contributed by atoms with Crippen LogP contribution in [0.4, 0.5) is 13.2 Å². The molecule has 0 radical (unpaired) electrons. The van der Waals surface area contributed by atoms with Gasteiger partial charge < -0.3 is 5.32 Å². The van der Waals surface area contributed by atoms with Crippen molar-refractivity contribution in [3.63, 3.8) is 0 Å². The second-order valence-electron chi connectivity index (χ2n) is 4.09. The maximum absolute atomic E-state index is 12.9. The molecule has 1 aliphatic rings. The van der Waals surface area contributed by atoms with Crippen LogP contribution in [0.5, 0.6) is 0 Å². The molecule has 1 saturated carbocycles. The highest BCUT2D eigenvalue weighted by molar-refractivity contribution is 14.1. The van der Waals surface area contributed by atoms with Gasteiger partial charge in [0.25, 0.3) is 5.92 Å². The second-order valence-corrected chi connectivity index (χ2v) is 5.25. The molecule has 16 heavy (non-hydrogen) atoms. The molecule has 0 aromatic heterocycles. The van der Waals surface area contributed by atoms with Crippen molar-refractivity contribution in [3.05, 3.63) is 33.1 Å². The summed E-state index contributed by atoms with van der Waals surface area (Å²) < 4.78 is 38.6. The fourth-order valence-electron chi connectivity index (χ4n) is 1.72. The van der Waals surface area contributed by atoms with E-state index in [2.05, 4.69) is 5.32 Å². The zero-order valence-corrected chi connectivity index (χ0v) is 10.6. The van der Waals surface area contributed by atoms with Crippen molar-refractivity contribution >= 4 is 22.6 Å². The summed E-state index contributed by atoms with van der Waals surface area (Å²) in [4.78, 5) is 0. The number of alkyl halides is 2. The highest BCUT2D eigenvalue weighted by Crippen LogP contribution is 2.37. The molecule has 1 N–H and O–H groups in total. The minimum absolute atomic E-state index is 0.0920. The van der Waals surface area contributed by atoms with E-state index in [1.54, 1.807) is 12.1 Å². The molecule has 0 bridgehead atoms. The molecule has 1 nitrogen and oxygen atoms in total. The lowest BCUT2D eigenvalue weighted by molar-refractivity contribution is -0.0930. The Labute approximate surface area is 106 Å². The van der Waals surface area contributed by atoms with E-state index in [1.807, 2.05) is 22.6 Å². The predicted octanol–water partition coefficient (Wildman–Crippen LogP) is 3.32. The molecule has 0 aliphatic heterocycles. The average Bonchev–Trinajstić information content (AvgIpc) is 2.16. The van der Waals surface area contributed by atoms with Gasteiger partial charge in [0.2, 0.25) is 0 Å². The number of rotatable bonds is 3. The van der Waals surface area contributed by atoms with Crippen molar-refractivity contribution in [2.75, 3.05) is 0 Å². The molecule has 0 amide bonds. The van der Waals surface area contributed by atoms with Gasteiger partial charge in [-0.2, -0.15) is 0 Å². The van der Waals surface area contributed by atoms with Crippen LogP contribution in [0.1, 0.15) is 18.4 Å². The summed E-state index contributed by atoms with van der Waals surface area (Å²) >= 11 is 1.91. The Morgan fingerprint density at radius 2 is 2.06 bits per heavy atom. The number of hydrogen-bond acceptors (Lipinski definition) is 1. The lowest BCUT2D eigenvalue weighted by Gasteiger charge is -2.35. The Morgan fingerprint density at radius 3 is 2.62 bits per heavy atom. The quantitative estimate of drug-likeness (QED) is 0.832. The lowest BCUT2D eigenvalue weighted by atomic mass is 9.88. The molecule has 88 valence electrons. The summed E-state index contributed by atoms with van der Waals surface area (Å²) in [6.07, 6.45) is -0.184. The zero-order chi connectivity index (χ0) is 11.8. The van der Waals surface area contributed by atoms with Gasteiger partial charge in [-0.25, -0.2) is 13.2 Å². The minimum Gasteiger partial charge on any atom is -0.309 e. The molecular formula is C11H11F3IN. The minimum atomic E-state index is -2.49. The van der Waals surface area contributed by atoms with E-state index >= 15 is 0 Å². The fraction of sp³-hybridized carbons (Fsp3) is 0.455. The fourth-order valence-corrected chi connectivity index (χ4v) is 2.30. The van der Waals surface area contributed by atoms with Crippen LogP contribution in [0.15, 0.2) is 18.2 Å². The first-order valence-corrected chi connectivity index (χ1v) is 6.09. The normalized spacial score (nSPS) is 19.5. The smallest absolute Gasteiger partial charge is 0.251 e. The Bertz CT molecular complexity index is 387. The topological polar surface area (TPSA) is 12.0 Å². The highest BCUT2D eigenvalue weighted by atomic mass is 127. The van der Waals surface area contributed by atoms with Crippen molar-refractivity contribution in [2.45, 2.75) is 31.4 Å². The summed E-state index contributed by atoms with van der Waals surface area (Å²) in [5, 5.41) is 3.03. The first-order chi connectivity index (χ1) is 7.46. The van der Waals surface area contributed by atoms with Crippen LogP contribution in [0.25, 0.3) is 0 Å². The van der Waals surface area contributed by atoms with Crippen molar-refractivity contribution in [1.82, 2.24) is 5.32 Å². The number of benzene rings is 1. The molecule has 1 aliphatic carbocycles. The molecule has 1 aromatic rings. The van der Waals surface area contributed by atoms with Gasteiger partial charge in [-0.15, -0.1) is 0 Å². The lowest BCUT2D eigenvalue weighted by Crippen LogP contribution is -2.48. The maximum Gasteiger partial charge on any atom is 0.251 e. The van der Waals surface area contributed by atoms with E-state index in [1.165, 1.54) is 6.07 Å². The number of halogens is 4. The first kappa shape index (κ1) is 12.2. The summed E-state index contributed by atoms with van der Waals surface area (Å²) in [7, 11) is 0. The van der Waals surface area contributed by atoms with Gasteiger partial charge in [0, 0.05) is 29.0 Å². The third-order valence-corrected chi connectivity index (χ3v) is 3.50. The largest absolute Gasteiger partial charge is 0.309 e. The molecule has 2 rings (SSSR count). The van der Waals surface area contributed by atoms with Gasteiger partial charge in [0.1, 0.15) is 5.82 Å². The van der Waals surface area contributed by atoms with Crippen LogP contribution in [0.3, 0.4) is 0 Å². The third-order valence-electron chi connectivity index (χ3n) is 2.67. The third kappa shape index (κ3) is 2.88. The Morgan fingerprint density at radius 1 is 1.38 bits per heavy atom. The molecule has 0 heterocycles. The van der Waals surface area contributed by atoms with Gasteiger partial charge in [0.05, 0.1) is 0 Å². The molecule has 1 fully saturated rings. The van der Waals surface area contributed by atoms with E-state index in [0.29, 0.717) is 10.1 Å². The van der Waals surface area contributed by atoms with Crippen LogP contribution in [-0.4, -0.2) is 12.0 Å². The Balaban J connectivity index is 1.84. The van der Waals surface area contributed by atoms with Gasteiger partial charge in [-0.3, -0.25) is 0 Å². The van der Waals surface area contributed by atoms with Crippen molar-refractivity contribution in [1.29, 1.82) is 0 Å². The standard InChI is InChI=1S/C11H11F3IN/c12-9-2-1-7(3-10(9)15)6-16-8-4-11(13,14)5-8/h1-3,8,16H,4-6H2. The highest BCUT2D eigenvalue weighted by Gasteiger charge is 2.44. The van der Waals surface area contributed by atoms with Crippen LogP contribution in [0, 0.1) is 9.39 Å². The van der Waals surface area contributed by atoms with E-state index in [-0.39, 0.29) is 24.7 Å². The van der Waals surface area contributed by atoms with Crippen molar-refractivity contribution in [2.24, 2.45) is 0 Å². The SMILES string of the molecule is Fc1ccc(CNC2CC(F)(F)C2)cc1I. The maximum atomic E-state index is 12.9. The van der Waals surface area contributed by atoms with E-state index in [0.717, 1.165) is 5.56 Å². The van der Waals surface area contributed by atoms with Crippen LogP contribution in [-0.2, 0) is 6.54 Å². The van der Waals surface area contributed by atoms with Gasteiger partial charge >= 0.3 is 0 Å². The molecular weight excluding hydrogens is 330 g/mol. The summed E-state index contributed by atoms with van der Waals surface area (Å²) in [6.45, 7) is 0.511. The van der Waals surface area contributed by atoms with E-state index in [9.17, 15) is 13.2 Å². The summed E-state index contributed by atoms with van der Waals surface area (Å²) in [6, 6.07) is 4.67. The second kappa shape index (κ2) is 4.52. The van der Waals surface area contributed by atoms with Crippen LogP contribution in [0.2, 0.25) is 0 Å². The molecule has 0 saturated heterocycles. The molecule has 5 heteroatoms. The monoisotopic (exact) mass is 341 g/mol. The molecule has 1 aromatic carbocycles. The van der Waals surface area contributed by atoms with Crippen LogP contribution >= 0.6 is 22.6 Å². The Kier molecular flexibility index (Phi) is 3.44. The summed E-state index contributed by atoms with van der Waals surface area (Å²) in [5.74, 6) is -2.74.